The van der Waals surface area contributed by atoms with Crippen molar-refractivity contribution in [1.29, 1.82) is 0 Å². The van der Waals surface area contributed by atoms with Crippen molar-refractivity contribution in [3.8, 4) is 0 Å². The molecule has 0 aromatic carbocycles. The first-order valence-corrected chi connectivity index (χ1v) is 7.96. The van der Waals surface area contributed by atoms with Gasteiger partial charge in [0.1, 0.15) is 5.01 Å². The minimum Gasteiger partial charge on any atom is -0.312 e. The second-order valence-electron chi connectivity index (χ2n) is 5.36. The lowest BCUT2D eigenvalue weighted by Gasteiger charge is -2.29. The van der Waals surface area contributed by atoms with E-state index in [1.54, 1.807) is 0 Å². The summed E-state index contributed by atoms with van der Waals surface area (Å²) in [4.78, 5) is 8.45. The molecule has 1 aromatic rings. The molecule has 1 aliphatic heterocycles. The Bertz CT molecular complexity index is 343. The van der Waals surface area contributed by atoms with Gasteiger partial charge >= 0.3 is 0 Å². The SMILES string of the molecule is CCCNCc1cnc(CN2CCC(C)CC2)s1. The predicted octanol–water partition coefficient (Wildman–Crippen LogP) is 2.87. The Morgan fingerprint density at radius 3 is 2.94 bits per heavy atom. The maximum absolute atomic E-state index is 4.54. The zero-order valence-corrected chi connectivity index (χ0v) is 12.4. The molecule has 3 nitrogen and oxygen atoms in total. The number of piperidine rings is 1. The Labute approximate surface area is 115 Å². The molecule has 1 fully saturated rings. The molecule has 0 unspecified atom stereocenters. The van der Waals surface area contributed by atoms with E-state index in [1.165, 1.54) is 42.2 Å². The monoisotopic (exact) mass is 267 g/mol. The van der Waals surface area contributed by atoms with Crippen LogP contribution >= 0.6 is 11.3 Å². The van der Waals surface area contributed by atoms with Crippen LogP contribution in [0.1, 0.15) is 43.0 Å². The van der Waals surface area contributed by atoms with Gasteiger partial charge in [-0.05, 0) is 44.8 Å². The van der Waals surface area contributed by atoms with Gasteiger partial charge in [-0.3, -0.25) is 4.90 Å². The van der Waals surface area contributed by atoms with E-state index in [4.69, 9.17) is 0 Å². The summed E-state index contributed by atoms with van der Waals surface area (Å²) in [5.74, 6) is 0.909. The molecule has 0 radical (unpaired) electrons. The first-order chi connectivity index (χ1) is 8.78. The molecule has 18 heavy (non-hydrogen) atoms. The highest BCUT2D eigenvalue weighted by Crippen LogP contribution is 2.20. The van der Waals surface area contributed by atoms with E-state index in [9.17, 15) is 0 Å². The topological polar surface area (TPSA) is 28.2 Å². The Morgan fingerprint density at radius 1 is 1.44 bits per heavy atom. The maximum Gasteiger partial charge on any atom is 0.107 e. The molecule has 102 valence electrons. The molecule has 4 heteroatoms. The molecular formula is C14H25N3S. The average Bonchev–Trinajstić information content (AvgIpc) is 2.80. The van der Waals surface area contributed by atoms with Crippen molar-refractivity contribution < 1.29 is 0 Å². The van der Waals surface area contributed by atoms with Crippen LogP contribution < -0.4 is 5.32 Å². The van der Waals surface area contributed by atoms with Crippen LogP contribution in [0.25, 0.3) is 0 Å². The summed E-state index contributed by atoms with van der Waals surface area (Å²) < 4.78 is 0. The summed E-state index contributed by atoms with van der Waals surface area (Å²) in [5, 5.41) is 4.71. The van der Waals surface area contributed by atoms with Crippen molar-refractivity contribution >= 4 is 11.3 Å². The molecule has 0 saturated carbocycles. The number of hydrogen-bond donors (Lipinski definition) is 1. The Balaban J connectivity index is 1.76. The highest BCUT2D eigenvalue weighted by molar-refractivity contribution is 7.11. The largest absolute Gasteiger partial charge is 0.312 e. The molecule has 1 aliphatic rings. The highest BCUT2D eigenvalue weighted by atomic mass is 32.1. The number of hydrogen-bond acceptors (Lipinski definition) is 4. The van der Waals surface area contributed by atoms with Crippen LogP contribution in [-0.4, -0.2) is 29.5 Å². The van der Waals surface area contributed by atoms with Crippen LogP contribution in [0.3, 0.4) is 0 Å². The molecule has 0 atom stereocenters. The zero-order chi connectivity index (χ0) is 12.8. The van der Waals surface area contributed by atoms with Crippen molar-refractivity contribution in [3.63, 3.8) is 0 Å². The van der Waals surface area contributed by atoms with Crippen LogP contribution in [0.5, 0.6) is 0 Å². The molecule has 1 aromatic heterocycles. The normalized spacial score (nSPS) is 18.3. The second kappa shape index (κ2) is 7.22. The third kappa shape index (κ3) is 4.34. The Kier molecular flexibility index (Phi) is 5.60. The Hall–Kier alpha value is -0.450. The number of nitrogens with zero attached hydrogens (tertiary/aromatic N) is 2. The number of nitrogens with one attached hydrogen (secondary N) is 1. The van der Waals surface area contributed by atoms with Crippen LogP contribution in [0.15, 0.2) is 6.20 Å². The number of likely N-dealkylation sites (tertiary alicyclic amines) is 1. The van der Waals surface area contributed by atoms with Gasteiger partial charge in [0.15, 0.2) is 0 Å². The van der Waals surface area contributed by atoms with E-state index < -0.39 is 0 Å². The van der Waals surface area contributed by atoms with E-state index in [-0.39, 0.29) is 0 Å². The van der Waals surface area contributed by atoms with Crippen LogP contribution in [0.2, 0.25) is 0 Å². The molecule has 1 N–H and O–H groups in total. The summed E-state index contributed by atoms with van der Waals surface area (Å²) in [5.41, 5.74) is 0. The first kappa shape index (κ1) is 14.0. The lowest BCUT2D eigenvalue weighted by Crippen LogP contribution is -2.32. The minimum absolute atomic E-state index is 0.909. The Morgan fingerprint density at radius 2 is 2.22 bits per heavy atom. The molecule has 0 spiro atoms. The lowest BCUT2D eigenvalue weighted by atomic mass is 9.99. The van der Waals surface area contributed by atoms with E-state index in [1.807, 2.05) is 17.5 Å². The van der Waals surface area contributed by atoms with Crippen molar-refractivity contribution in [3.05, 3.63) is 16.1 Å². The summed E-state index contributed by atoms with van der Waals surface area (Å²) >= 11 is 1.86. The molecule has 2 rings (SSSR count). The predicted molar refractivity (Wildman–Crippen MR) is 77.8 cm³/mol. The molecule has 0 amide bonds. The third-order valence-electron chi connectivity index (χ3n) is 3.56. The lowest BCUT2D eigenvalue weighted by molar-refractivity contribution is 0.185. The minimum atomic E-state index is 0.909. The average molecular weight is 267 g/mol. The highest BCUT2D eigenvalue weighted by Gasteiger charge is 2.16. The fourth-order valence-corrected chi connectivity index (χ4v) is 3.24. The first-order valence-electron chi connectivity index (χ1n) is 7.14. The fourth-order valence-electron chi connectivity index (χ4n) is 2.30. The number of rotatable bonds is 6. The van der Waals surface area contributed by atoms with Gasteiger partial charge in [-0.25, -0.2) is 4.98 Å². The standard InChI is InChI=1S/C14H25N3S/c1-3-6-15-9-13-10-16-14(18-13)11-17-7-4-12(2)5-8-17/h10,12,15H,3-9,11H2,1-2H3. The molecule has 0 aliphatic carbocycles. The molecule has 2 heterocycles. The van der Waals surface area contributed by atoms with Gasteiger partial charge in [0.25, 0.3) is 0 Å². The van der Waals surface area contributed by atoms with Gasteiger partial charge in [-0.15, -0.1) is 11.3 Å². The van der Waals surface area contributed by atoms with Gasteiger partial charge in [-0.1, -0.05) is 13.8 Å². The van der Waals surface area contributed by atoms with Gasteiger partial charge in [0, 0.05) is 17.6 Å². The second-order valence-corrected chi connectivity index (χ2v) is 6.56. The molecule has 0 bridgehead atoms. The summed E-state index contributed by atoms with van der Waals surface area (Å²) in [6, 6.07) is 0. The van der Waals surface area contributed by atoms with E-state index >= 15 is 0 Å². The molecular weight excluding hydrogens is 242 g/mol. The van der Waals surface area contributed by atoms with Crippen LogP contribution in [-0.2, 0) is 13.1 Å². The summed E-state index contributed by atoms with van der Waals surface area (Å²) in [6.45, 7) is 10.2. The number of thiazole rings is 1. The fraction of sp³-hybridized carbons (Fsp3) is 0.786. The van der Waals surface area contributed by atoms with Crippen LogP contribution in [0.4, 0.5) is 0 Å². The van der Waals surface area contributed by atoms with Crippen LogP contribution in [0, 0.1) is 5.92 Å². The van der Waals surface area contributed by atoms with Gasteiger partial charge in [0.05, 0.1) is 6.54 Å². The maximum atomic E-state index is 4.54. The van der Waals surface area contributed by atoms with Crippen molar-refractivity contribution in [2.24, 2.45) is 5.92 Å². The quantitative estimate of drug-likeness (QED) is 0.803. The van der Waals surface area contributed by atoms with Gasteiger partial charge in [0.2, 0.25) is 0 Å². The third-order valence-corrected chi connectivity index (χ3v) is 4.54. The smallest absolute Gasteiger partial charge is 0.107 e. The van der Waals surface area contributed by atoms with Gasteiger partial charge < -0.3 is 5.32 Å². The molecule has 1 saturated heterocycles. The van der Waals surface area contributed by atoms with E-state index in [0.29, 0.717) is 0 Å². The zero-order valence-electron chi connectivity index (χ0n) is 11.6. The number of aromatic nitrogens is 1. The van der Waals surface area contributed by atoms with E-state index in [2.05, 4.69) is 29.0 Å². The summed E-state index contributed by atoms with van der Waals surface area (Å²) in [7, 11) is 0. The van der Waals surface area contributed by atoms with E-state index in [0.717, 1.165) is 25.6 Å². The van der Waals surface area contributed by atoms with Crippen molar-refractivity contribution in [2.45, 2.75) is 46.2 Å². The van der Waals surface area contributed by atoms with Crippen molar-refractivity contribution in [1.82, 2.24) is 15.2 Å². The van der Waals surface area contributed by atoms with Gasteiger partial charge in [-0.2, -0.15) is 0 Å². The van der Waals surface area contributed by atoms with Crippen molar-refractivity contribution in [2.75, 3.05) is 19.6 Å². The summed E-state index contributed by atoms with van der Waals surface area (Å²) in [6.07, 6.45) is 5.92.